The molecule has 0 aromatic carbocycles. The summed E-state index contributed by atoms with van der Waals surface area (Å²) < 4.78 is 0. The van der Waals surface area contributed by atoms with E-state index in [2.05, 4.69) is 41.0 Å². The lowest BCUT2D eigenvalue weighted by molar-refractivity contribution is 0.424. The van der Waals surface area contributed by atoms with Crippen molar-refractivity contribution in [2.75, 3.05) is 0 Å². The zero-order valence-corrected chi connectivity index (χ0v) is 12.0. The highest BCUT2D eigenvalue weighted by atomic mass is 32.1. The molecular formula is C13H18N4S. The van der Waals surface area contributed by atoms with Gasteiger partial charge >= 0.3 is 0 Å². The molecule has 1 N–H and O–H groups in total. The van der Waals surface area contributed by atoms with Gasteiger partial charge in [-0.25, -0.2) is 4.98 Å². The minimum atomic E-state index is 0.105. The number of hydrogen-bond donors (Lipinski definition) is 1. The molecule has 2 rings (SSSR count). The van der Waals surface area contributed by atoms with Crippen LogP contribution >= 0.6 is 11.3 Å². The average molecular weight is 262 g/mol. The number of hydrogen-bond acceptors (Lipinski definition) is 5. The van der Waals surface area contributed by atoms with Gasteiger partial charge in [0.2, 0.25) is 0 Å². The third-order valence-electron chi connectivity index (χ3n) is 2.45. The van der Waals surface area contributed by atoms with Crippen LogP contribution in [0.4, 0.5) is 0 Å². The number of aryl methyl sites for hydroxylation is 1. The van der Waals surface area contributed by atoms with Gasteiger partial charge in [-0.2, -0.15) is 0 Å². The largest absolute Gasteiger partial charge is 0.306 e. The molecule has 0 aliphatic heterocycles. The number of aromatic nitrogens is 3. The fourth-order valence-corrected chi connectivity index (χ4v) is 2.22. The molecule has 2 aromatic rings. The normalized spacial score (nSPS) is 11.8. The van der Waals surface area contributed by atoms with E-state index in [1.807, 2.05) is 12.3 Å². The van der Waals surface area contributed by atoms with E-state index in [4.69, 9.17) is 0 Å². The molecule has 0 saturated carbocycles. The van der Waals surface area contributed by atoms with Crippen LogP contribution in [0.3, 0.4) is 0 Å². The van der Waals surface area contributed by atoms with Crippen molar-refractivity contribution >= 4 is 11.3 Å². The van der Waals surface area contributed by atoms with Crippen molar-refractivity contribution in [1.82, 2.24) is 20.3 Å². The topological polar surface area (TPSA) is 50.7 Å². The Bertz CT molecular complexity index is 528. The first-order valence-corrected chi connectivity index (χ1v) is 6.81. The Balaban J connectivity index is 2.14. The molecule has 0 aliphatic rings. The van der Waals surface area contributed by atoms with Crippen LogP contribution < -0.4 is 5.32 Å². The van der Waals surface area contributed by atoms with E-state index in [0.29, 0.717) is 0 Å². The third kappa shape index (κ3) is 3.34. The standard InChI is InChI=1S/C13H18N4S/c1-9-12(15-6-5-14-9)10-8-18-11(17-10)7-16-13(2,3)4/h5-6,8,16H,7H2,1-4H3. The van der Waals surface area contributed by atoms with Gasteiger partial charge in [0.25, 0.3) is 0 Å². The summed E-state index contributed by atoms with van der Waals surface area (Å²) in [6.07, 6.45) is 3.40. The average Bonchev–Trinajstić information content (AvgIpc) is 2.75. The van der Waals surface area contributed by atoms with Gasteiger partial charge in [-0.3, -0.25) is 9.97 Å². The molecule has 0 aliphatic carbocycles. The first-order chi connectivity index (χ1) is 8.46. The van der Waals surface area contributed by atoms with Crippen LogP contribution in [0, 0.1) is 6.92 Å². The summed E-state index contributed by atoms with van der Waals surface area (Å²) in [5.74, 6) is 0. The van der Waals surface area contributed by atoms with Crippen molar-refractivity contribution in [3.8, 4) is 11.4 Å². The molecule has 4 nitrogen and oxygen atoms in total. The molecule has 18 heavy (non-hydrogen) atoms. The zero-order chi connectivity index (χ0) is 13.2. The van der Waals surface area contributed by atoms with Gasteiger partial charge in [0.05, 0.1) is 5.69 Å². The molecule has 0 radical (unpaired) electrons. The van der Waals surface area contributed by atoms with Crippen LogP contribution in [0.2, 0.25) is 0 Å². The SMILES string of the molecule is Cc1nccnc1-c1csc(CNC(C)(C)C)n1. The van der Waals surface area contributed by atoms with Crippen LogP contribution in [0.5, 0.6) is 0 Å². The Kier molecular flexibility index (Phi) is 3.73. The molecule has 0 fully saturated rings. The molecule has 0 atom stereocenters. The Hall–Kier alpha value is -1.33. The smallest absolute Gasteiger partial charge is 0.111 e. The molecular weight excluding hydrogens is 244 g/mol. The highest BCUT2D eigenvalue weighted by molar-refractivity contribution is 7.09. The second-order valence-corrected chi connectivity index (χ2v) is 6.16. The zero-order valence-electron chi connectivity index (χ0n) is 11.2. The monoisotopic (exact) mass is 262 g/mol. The number of nitrogens with one attached hydrogen (secondary N) is 1. The lowest BCUT2D eigenvalue weighted by atomic mass is 10.1. The maximum absolute atomic E-state index is 4.60. The van der Waals surface area contributed by atoms with E-state index in [1.165, 1.54) is 0 Å². The summed E-state index contributed by atoms with van der Waals surface area (Å²) >= 11 is 1.65. The molecule has 2 aromatic heterocycles. The number of thiazole rings is 1. The highest BCUT2D eigenvalue weighted by Crippen LogP contribution is 2.21. The molecule has 5 heteroatoms. The van der Waals surface area contributed by atoms with Crippen molar-refractivity contribution in [2.24, 2.45) is 0 Å². The van der Waals surface area contributed by atoms with Crippen LogP contribution in [0.15, 0.2) is 17.8 Å². The van der Waals surface area contributed by atoms with Gasteiger partial charge in [0.15, 0.2) is 0 Å². The Morgan fingerprint density at radius 2 is 1.94 bits per heavy atom. The van der Waals surface area contributed by atoms with E-state index < -0.39 is 0 Å². The van der Waals surface area contributed by atoms with E-state index in [-0.39, 0.29) is 5.54 Å². The summed E-state index contributed by atoms with van der Waals surface area (Å²) in [4.78, 5) is 13.2. The Morgan fingerprint density at radius 1 is 1.22 bits per heavy atom. The summed E-state index contributed by atoms with van der Waals surface area (Å²) in [5, 5.41) is 6.54. The highest BCUT2D eigenvalue weighted by Gasteiger charge is 2.12. The molecule has 0 amide bonds. The van der Waals surface area contributed by atoms with E-state index in [0.717, 1.165) is 28.6 Å². The minimum Gasteiger partial charge on any atom is -0.306 e. The Labute approximate surface area is 112 Å². The molecule has 0 saturated heterocycles. The summed E-state index contributed by atoms with van der Waals surface area (Å²) in [6.45, 7) is 9.18. The maximum atomic E-state index is 4.60. The number of nitrogens with zero attached hydrogens (tertiary/aromatic N) is 3. The van der Waals surface area contributed by atoms with Crippen molar-refractivity contribution in [1.29, 1.82) is 0 Å². The fourth-order valence-electron chi connectivity index (χ4n) is 1.50. The third-order valence-corrected chi connectivity index (χ3v) is 3.29. The first kappa shape index (κ1) is 13.1. The summed E-state index contributed by atoms with van der Waals surface area (Å²) in [5.41, 5.74) is 2.80. The quantitative estimate of drug-likeness (QED) is 0.924. The second-order valence-electron chi connectivity index (χ2n) is 5.22. The second kappa shape index (κ2) is 5.12. The van der Waals surface area contributed by atoms with Crippen LogP contribution in [0.1, 0.15) is 31.5 Å². The van der Waals surface area contributed by atoms with E-state index in [9.17, 15) is 0 Å². The fraction of sp³-hybridized carbons (Fsp3) is 0.462. The van der Waals surface area contributed by atoms with Crippen molar-refractivity contribution < 1.29 is 0 Å². The number of rotatable bonds is 3. The molecule has 0 spiro atoms. The van der Waals surface area contributed by atoms with Gasteiger partial charge in [-0.15, -0.1) is 11.3 Å². The summed E-state index contributed by atoms with van der Waals surface area (Å²) in [6, 6.07) is 0. The van der Waals surface area contributed by atoms with Crippen molar-refractivity contribution in [2.45, 2.75) is 39.8 Å². The van der Waals surface area contributed by atoms with Crippen LogP contribution in [-0.4, -0.2) is 20.5 Å². The van der Waals surface area contributed by atoms with Crippen molar-refractivity contribution in [3.63, 3.8) is 0 Å². The molecule has 0 bridgehead atoms. The van der Waals surface area contributed by atoms with E-state index in [1.54, 1.807) is 23.7 Å². The molecule has 96 valence electrons. The Morgan fingerprint density at radius 3 is 2.61 bits per heavy atom. The molecule has 0 unspecified atom stereocenters. The lowest BCUT2D eigenvalue weighted by Crippen LogP contribution is -2.34. The predicted octanol–water partition coefficient (Wildman–Crippen LogP) is 2.80. The van der Waals surface area contributed by atoms with Crippen molar-refractivity contribution in [3.05, 3.63) is 28.5 Å². The lowest BCUT2D eigenvalue weighted by Gasteiger charge is -2.19. The van der Waals surface area contributed by atoms with Gasteiger partial charge in [0.1, 0.15) is 16.4 Å². The van der Waals surface area contributed by atoms with Gasteiger partial charge in [-0.05, 0) is 27.7 Å². The van der Waals surface area contributed by atoms with Gasteiger partial charge in [-0.1, -0.05) is 0 Å². The molecule has 2 heterocycles. The van der Waals surface area contributed by atoms with Gasteiger partial charge in [0, 0.05) is 29.9 Å². The first-order valence-electron chi connectivity index (χ1n) is 5.93. The minimum absolute atomic E-state index is 0.105. The van der Waals surface area contributed by atoms with Gasteiger partial charge < -0.3 is 5.32 Å². The predicted molar refractivity (Wildman–Crippen MR) is 74.5 cm³/mol. The van der Waals surface area contributed by atoms with E-state index >= 15 is 0 Å². The maximum Gasteiger partial charge on any atom is 0.111 e. The summed E-state index contributed by atoms with van der Waals surface area (Å²) in [7, 11) is 0. The van der Waals surface area contributed by atoms with Crippen LogP contribution in [-0.2, 0) is 6.54 Å². The van der Waals surface area contributed by atoms with Crippen LogP contribution in [0.25, 0.3) is 11.4 Å².